The second-order valence-corrected chi connectivity index (χ2v) is 4.99. The van der Waals surface area contributed by atoms with Crippen molar-refractivity contribution >= 4 is 16.9 Å². The van der Waals surface area contributed by atoms with Gasteiger partial charge in [0, 0.05) is 13.1 Å². The van der Waals surface area contributed by atoms with Crippen LogP contribution in [-0.4, -0.2) is 55.3 Å². The number of hydrogen-bond donors (Lipinski definition) is 1. The lowest BCUT2D eigenvalue weighted by atomic mass is 10.3. The van der Waals surface area contributed by atoms with E-state index in [-0.39, 0.29) is 0 Å². The molecule has 0 fully saturated rings. The average Bonchev–Trinajstić information content (AvgIpc) is 2.42. The van der Waals surface area contributed by atoms with Crippen LogP contribution in [0.2, 0.25) is 0 Å². The van der Waals surface area contributed by atoms with Crippen molar-refractivity contribution in [3.8, 4) is 0 Å². The topological polar surface area (TPSA) is 50.3 Å². The number of hydrogen-bond acceptors (Lipinski definition) is 5. The van der Waals surface area contributed by atoms with Gasteiger partial charge >= 0.3 is 0 Å². The van der Waals surface area contributed by atoms with Crippen LogP contribution in [-0.2, 0) is 4.74 Å². The molecule has 5 nitrogen and oxygen atoms in total. The smallest absolute Gasteiger partial charge is 0.148 e. The third-order valence-electron chi connectivity index (χ3n) is 2.97. The summed E-state index contributed by atoms with van der Waals surface area (Å²) in [4.78, 5) is 11.2. The standard InChI is InChI=1S/C15H22N4O/c1-12-15(16-8-10-20-11-9-19(2)3)18-14-7-5-4-6-13(14)17-12/h4-7H,8-11H2,1-3H3,(H,16,18). The summed E-state index contributed by atoms with van der Waals surface area (Å²) in [5, 5.41) is 3.28. The second kappa shape index (κ2) is 7.17. The zero-order valence-corrected chi connectivity index (χ0v) is 12.4. The molecule has 2 rings (SSSR count). The van der Waals surface area contributed by atoms with Gasteiger partial charge in [-0.05, 0) is 33.2 Å². The van der Waals surface area contributed by atoms with E-state index in [4.69, 9.17) is 4.74 Å². The maximum Gasteiger partial charge on any atom is 0.148 e. The van der Waals surface area contributed by atoms with E-state index in [0.29, 0.717) is 6.61 Å². The number of likely N-dealkylation sites (N-methyl/N-ethyl adjacent to an activating group) is 1. The highest BCUT2D eigenvalue weighted by atomic mass is 16.5. The van der Waals surface area contributed by atoms with Crippen molar-refractivity contribution in [3.63, 3.8) is 0 Å². The summed E-state index contributed by atoms with van der Waals surface area (Å²) in [5.41, 5.74) is 2.75. The summed E-state index contributed by atoms with van der Waals surface area (Å²) in [7, 11) is 4.07. The molecule has 0 saturated carbocycles. The third kappa shape index (κ3) is 4.15. The highest BCUT2D eigenvalue weighted by Gasteiger charge is 2.03. The van der Waals surface area contributed by atoms with E-state index in [1.54, 1.807) is 0 Å². The van der Waals surface area contributed by atoms with Gasteiger partial charge in [0.2, 0.25) is 0 Å². The fraction of sp³-hybridized carbons (Fsp3) is 0.467. The van der Waals surface area contributed by atoms with Crippen molar-refractivity contribution in [2.45, 2.75) is 6.92 Å². The second-order valence-electron chi connectivity index (χ2n) is 4.99. The molecule has 0 atom stereocenters. The van der Waals surface area contributed by atoms with Gasteiger partial charge in [-0.1, -0.05) is 12.1 Å². The molecule has 0 aliphatic rings. The number of aromatic nitrogens is 2. The molecule has 0 spiro atoms. The Balaban J connectivity index is 1.85. The Morgan fingerprint density at radius 2 is 1.80 bits per heavy atom. The van der Waals surface area contributed by atoms with Crippen LogP contribution in [0.15, 0.2) is 24.3 Å². The summed E-state index contributed by atoms with van der Waals surface area (Å²) in [6.45, 7) is 5.06. The molecular formula is C15H22N4O. The van der Waals surface area contributed by atoms with E-state index in [9.17, 15) is 0 Å². The van der Waals surface area contributed by atoms with Gasteiger partial charge in [-0.25, -0.2) is 9.97 Å². The van der Waals surface area contributed by atoms with Gasteiger partial charge in [0.25, 0.3) is 0 Å². The molecule has 0 unspecified atom stereocenters. The van der Waals surface area contributed by atoms with Crippen LogP contribution in [0.25, 0.3) is 11.0 Å². The molecule has 0 amide bonds. The molecule has 20 heavy (non-hydrogen) atoms. The zero-order valence-electron chi connectivity index (χ0n) is 12.4. The lowest BCUT2D eigenvalue weighted by Crippen LogP contribution is -2.20. The molecule has 1 heterocycles. The number of para-hydroxylation sites is 2. The van der Waals surface area contributed by atoms with Crippen LogP contribution in [0.4, 0.5) is 5.82 Å². The van der Waals surface area contributed by atoms with E-state index >= 15 is 0 Å². The minimum Gasteiger partial charge on any atom is -0.378 e. The van der Waals surface area contributed by atoms with Crippen LogP contribution >= 0.6 is 0 Å². The van der Waals surface area contributed by atoms with E-state index in [2.05, 4.69) is 20.2 Å². The largest absolute Gasteiger partial charge is 0.378 e. The minimum absolute atomic E-state index is 0.668. The Morgan fingerprint density at radius 3 is 2.50 bits per heavy atom. The van der Waals surface area contributed by atoms with E-state index in [1.807, 2.05) is 45.3 Å². The van der Waals surface area contributed by atoms with Crippen molar-refractivity contribution in [1.82, 2.24) is 14.9 Å². The van der Waals surface area contributed by atoms with Gasteiger partial charge in [0.05, 0.1) is 29.9 Å². The molecule has 0 bridgehead atoms. The first-order valence-corrected chi connectivity index (χ1v) is 6.86. The van der Waals surface area contributed by atoms with Crippen molar-refractivity contribution in [1.29, 1.82) is 0 Å². The molecule has 2 aromatic rings. The molecule has 1 aromatic carbocycles. The number of nitrogens with one attached hydrogen (secondary N) is 1. The predicted molar refractivity (Wildman–Crippen MR) is 82.1 cm³/mol. The Morgan fingerprint density at radius 1 is 1.10 bits per heavy atom. The fourth-order valence-corrected chi connectivity index (χ4v) is 1.85. The van der Waals surface area contributed by atoms with Crippen molar-refractivity contribution in [3.05, 3.63) is 30.0 Å². The SMILES string of the molecule is Cc1nc2ccccc2nc1NCCOCCN(C)C. The van der Waals surface area contributed by atoms with Gasteiger partial charge in [0.15, 0.2) is 0 Å². The fourth-order valence-electron chi connectivity index (χ4n) is 1.85. The Bertz CT molecular complexity index is 557. The molecule has 5 heteroatoms. The Labute approximate surface area is 120 Å². The number of anilines is 1. The number of fused-ring (bicyclic) bond motifs is 1. The monoisotopic (exact) mass is 274 g/mol. The first-order chi connectivity index (χ1) is 9.66. The van der Waals surface area contributed by atoms with Crippen molar-refractivity contribution in [2.24, 2.45) is 0 Å². The molecule has 0 aliphatic heterocycles. The van der Waals surface area contributed by atoms with Gasteiger partial charge in [-0.15, -0.1) is 0 Å². The summed E-state index contributed by atoms with van der Waals surface area (Å²) >= 11 is 0. The predicted octanol–water partition coefficient (Wildman–Crippen LogP) is 1.93. The van der Waals surface area contributed by atoms with E-state index < -0.39 is 0 Å². The van der Waals surface area contributed by atoms with Crippen LogP contribution in [0.1, 0.15) is 5.69 Å². The molecule has 1 aromatic heterocycles. The minimum atomic E-state index is 0.668. The lowest BCUT2D eigenvalue weighted by molar-refractivity contribution is 0.126. The summed E-state index contributed by atoms with van der Waals surface area (Å²) < 4.78 is 5.54. The van der Waals surface area contributed by atoms with E-state index in [0.717, 1.165) is 42.2 Å². The number of nitrogens with zero attached hydrogens (tertiary/aromatic N) is 3. The quantitative estimate of drug-likeness (QED) is 0.782. The Kier molecular flexibility index (Phi) is 5.26. The molecule has 108 valence electrons. The van der Waals surface area contributed by atoms with Crippen molar-refractivity contribution in [2.75, 3.05) is 45.7 Å². The van der Waals surface area contributed by atoms with Gasteiger partial charge < -0.3 is 15.0 Å². The van der Waals surface area contributed by atoms with Gasteiger partial charge in [0.1, 0.15) is 5.82 Å². The normalized spacial score (nSPS) is 11.2. The first-order valence-electron chi connectivity index (χ1n) is 6.86. The molecule has 0 aliphatic carbocycles. The van der Waals surface area contributed by atoms with Crippen LogP contribution in [0, 0.1) is 6.92 Å². The van der Waals surface area contributed by atoms with Crippen molar-refractivity contribution < 1.29 is 4.74 Å². The lowest BCUT2D eigenvalue weighted by Gasteiger charge is -2.11. The van der Waals surface area contributed by atoms with Gasteiger partial charge in [-0.3, -0.25) is 0 Å². The molecule has 0 radical (unpaired) electrons. The maximum atomic E-state index is 5.54. The number of benzene rings is 1. The number of ether oxygens (including phenoxy) is 1. The first kappa shape index (κ1) is 14.7. The van der Waals surface area contributed by atoms with E-state index in [1.165, 1.54) is 0 Å². The molecule has 1 N–H and O–H groups in total. The number of rotatable bonds is 7. The maximum absolute atomic E-state index is 5.54. The molecule has 0 saturated heterocycles. The summed E-state index contributed by atoms with van der Waals surface area (Å²) in [5.74, 6) is 0.833. The zero-order chi connectivity index (χ0) is 14.4. The number of aryl methyl sites for hydroxylation is 1. The summed E-state index contributed by atoms with van der Waals surface area (Å²) in [6, 6.07) is 7.90. The highest BCUT2D eigenvalue weighted by molar-refractivity contribution is 5.76. The highest BCUT2D eigenvalue weighted by Crippen LogP contribution is 2.15. The molecular weight excluding hydrogens is 252 g/mol. The third-order valence-corrected chi connectivity index (χ3v) is 2.97. The Hall–Kier alpha value is -1.72. The van der Waals surface area contributed by atoms with Crippen LogP contribution in [0.5, 0.6) is 0 Å². The van der Waals surface area contributed by atoms with Crippen LogP contribution < -0.4 is 5.32 Å². The van der Waals surface area contributed by atoms with Gasteiger partial charge in [-0.2, -0.15) is 0 Å². The van der Waals surface area contributed by atoms with Crippen LogP contribution in [0.3, 0.4) is 0 Å². The summed E-state index contributed by atoms with van der Waals surface area (Å²) in [6.07, 6.45) is 0. The average molecular weight is 274 g/mol.